The molecule has 2 N–H and O–H groups in total. The van der Waals surface area contributed by atoms with Crippen molar-refractivity contribution in [2.24, 2.45) is 11.8 Å². The zero-order valence-corrected chi connectivity index (χ0v) is 19.1. The van der Waals surface area contributed by atoms with Gasteiger partial charge in [0.1, 0.15) is 11.5 Å². The molecular formula is C24H32N2O3S. The molecule has 0 heterocycles. The molecule has 2 aromatic carbocycles. The third-order valence-electron chi connectivity index (χ3n) is 4.39. The van der Waals surface area contributed by atoms with Crippen LogP contribution in [0.25, 0.3) is 0 Å². The molecular weight excluding hydrogens is 396 g/mol. The van der Waals surface area contributed by atoms with Crippen molar-refractivity contribution in [1.82, 2.24) is 5.32 Å². The standard InChI is InChI=1S/C24H32N2O3S/c1-17(2)13-15-28-20-11-9-19(10-12-20)25-24(30)26-23(27)21-7-5-6-8-22(21)29-16-14-18(3)4/h5-12,17-18H,13-16H2,1-4H3,(H2,25,26,27,30). The molecule has 162 valence electrons. The number of rotatable bonds is 10. The second-order valence-corrected chi connectivity index (χ2v) is 8.40. The number of benzene rings is 2. The fourth-order valence-electron chi connectivity index (χ4n) is 2.56. The zero-order valence-electron chi connectivity index (χ0n) is 18.2. The summed E-state index contributed by atoms with van der Waals surface area (Å²) < 4.78 is 11.5. The van der Waals surface area contributed by atoms with Crippen molar-refractivity contribution >= 4 is 28.9 Å². The van der Waals surface area contributed by atoms with Gasteiger partial charge in [0.2, 0.25) is 0 Å². The van der Waals surface area contributed by atoms with Gasteiger partial charge in [0.05, 0.1) is 18.8 Å². The third-order valence-corrected chi connectivity index (χ3v) is 4.59. The summed E-state index contributed by atoms with van der Waals surface area (Å²) in [4.78, 5) is 12.7. The molecule has 0 atom stereocenters. The molecule has 0 bridgehead atoms. The van der Waals surface area contributed by atoms with Crippen molar-refractivity contribution in [2.75, 3.05) is 18.5 Å². The van der Waals surface area contributed by atoms with Gasteiger partial charge in [0.15, 0.2) is 5.11 Å². The quantitative estimate of drug-likeness (QED) is 0.478. The summed E-state index contributed by atoms with van der Waals surface area (Å²) in [6, 6.07) is 14.7. The lowest BCUT2D eigenvalue weighted by atomic mass is 10.1. The fraction of sp³-hybridized carbons (Fsp3) is 0.417. The van der Waals surface area contributed by atoms with Gasteiger partial charge < -0.3 is 14.8 Å². The van der Waals surface area contributed by atoms with Gasteiger partial charge in [0.25, 0.3) is 5.91 Å². The molecule has 0 aromatic heterocycles. The second-order valence-electron chi connectivity index (χ2n) is 7.99. The molecule has 2 rings (SSSR count). The highest BCUT2D eigenvalue weighted by molar-refractivity contribution is 7.80. The Morgan fingerprint density at radius 2 is 1.50 bits per heavy atom. The predicted molar refractivity (Wildman–Crippen MR) is 126 cm³/mol. The van der Waals surface area contributed by atoms with E-state index in [9.17, 15) is 4.79 Å². The number of nitrogens with one attached hydrogen (secondary N) is 2. The highest BCUT2D eigenvalue weighted by Crippen LogP contribution is 2.19. The van der Waals surface area contributed by atoms with E-state index in [0.29, 0.717) is 36.4 Å². The Morgan fingerprint density at radius 1 is 0.900 bits per heavy atom. The zero-order chi connectivity index (χ0) is 21.9. The van der Waals surface area contributed by atoms with Crippen molar-refractivity contribution in [1.29, 1.82) is 0 Å². The summed E-state index contributed by atoms with van der Waals surface area (Å²) in [6.07, 6.45) is 1.94. The van der Waals surface area contributed by atoms with Crippen molar-refractivity contribution in [2.45, 2.75) is 40.5 Å². The molecule has 2 aromatic rings. The van der Waals surface area contributed by atoms with E-state index in [4.69, 9.17) is 21.7 Å². The Bertz CT molecular complexity index is 819. The van der Waals surface area contributed by atoms with Crippen LogP contribution in [-0.4, -0.2) is 24.2 Å². The van der Waals surface area contributed by atoms with E-state index in [1.54, 1.807) is 18.2 Å². The van der Waals surface area contributed by atoms with Gasteiger partial charge in [-0.05, 0) is 73.3 Å². The van der Waals surface area contributed by atoms with Crippen LogP contribution in [0.4, 0.5) is 5.69 Å². The molecule has 0 saturated heterocycles. The van der Waals surface area contributed by atoms with Crippen LogP contribution in [0.1, 0.15) is 50.9 Å². The number of anilines is 1. The number of thiocarbonyl (C=S) groups is 1. The van der Waals surface area contributed by atoms with Crippen LogP contribution in [0.3, 0.4) is 0 Å². The van der Waals surface area contributed by atoms with Gasteiger partial charge in [-0.1, -0.05) is 39.8 Å². The summed E-state index contributed by atoms with van der Waals surface area (Å²) in [7, 11) is 0. The Kier molecular flexibility index (Phi) is 9.61. The average Bonchev–Trinajstić information content (AvgIpc) is 2.69. The van der Waals surface area contributed by atoms with E-state index in [2.05, 4.69) is 38.3 Å². The van der Waals surface area contributed by atoms with Gasteiger partial charge in [-0.25, -0.2) is 0 Å². The van der Waals surface area contributed by atoms with Crippen LogP contribution in [0.15, 0.2) is 48.5 Å². The molecule has 0 unspecified atom stereocenters. The van der Waals surface area contributed by atoms with Gasteiger partial charge in [-0.15, -0.1) is 0 Å². The van der Waals surface area contributed by atoms with Crippen molar-refractivity contribution < 1.29 is 14.3 Å². The lowest BCUT2D eigenvalue weighted by Crippen LogP contribution is -2.34. The van der Waals surface area contributed by atoms with Crippen molar-refractivity contribution in [3.8, 4) is 11.5 Å². The van der Waals surface area contributed by atoms with E-state index >= 15 is 0 Å². The van der Waals surface area contributed by atoms with Gasteiger partial charge in [0, 0.05) is 5.69 Å². The first-order valence-electron chi connectivity index (χ1n) is 10.4. The van der Waals surface area contributed by atoms with Crippen LogP contribution < -0.4 is 20.1 Å². The van der Waals surface area contributed by atoms with E-state index in [-0.39, 0.29) is 11.0 Å². The molecule has 6 heteroatoms. The lowest BCUT2D eigenvalue weighted by Gasteiger charge is -2.14. The van der Waals surface area contributed by atoms with Crippen LogP contribution in [0, 0.1) is 11.8 Å². The smallest absolute Gasteiger partial charge is 0.261 e. The highest BCUT2D eigenvalue weighted by Gasteiger charge is 2.14. The number of ether oxygens (including phenoxy) is 2. The molecule has 0 aliphatic heterocycles. The number of para-hydroxylation sites is 1. The molecule has 0 spiro atoms. The summed E-state index contributed by atoms with van der Waals surface area (Å²) in [6.45, 7) is 9.87. The SMILES string of the molecule is CC(C)CCOc1ccc(NC(=S)NC(=O)c2ccccc2OCCC(C)C)cc1. The topological polar surface area (TPSA) is 59.6 Å². The van der Waals surface area contributed by atoms with Gasteiger partial charge in [-0.2, -0.15) is 0 Å². The van der Waals surface area contributed by atoms with Crippen LogP contribution in [0.5, 0.6) is 11.5 Å². The molecule has 0 aliphatic carbocycles. The van der Waals surface area contributed by atoms with E-state index in [1.807, 2.05) is 30.3 Å². The van der Waals surface area contributed by atoms with Gasteiger partial charge >= 0.3 is 0 Å². The maximum atomic E-state index is 12.7. The summed E-state index contributed by atoms with van der Waals surface area (Å²) >= 11 is 5.29. The second kappa shape index (κ2) is 12.2. The normalized spacial score (nSPS) is 10.7. The molecule has 30 heavy (non-hydrogen) atoms. The fourth-order valence-corrected chi connectivity index (χ4v) is 2.77. The van der Waals surface area contributed by atoms with E-state index < -0.39 is 0 Å². The maximum absolute atomic E-state index is 12.7. The third kappa shape index (κ3) is 8.41. The molecule has 0 radical (unpaired) electrons. The first-order chi connectivity index (χ1) is 14.3. The molecule has 0 fully saturated rings. The number of hydrogen-bond donors (Lipinski definition) is 2. The molecule has 0 aliphatic rings. The maximum Gasteiger partial charge on any atom is 0.261 e. The minimum Gasteiger partial charge on any atom is -0.494 e. The Labute approximate surface area is 185 Å². The number of hydrogen-bond acceptors (Lipinski definition) is 4. The van der Waals surface area contributed by atoms with E-state index in [1.165, 1.54) is 0 Å². The molecule has 0 saturated carbocycles. The van der Waals surface area contributed by atoms with Crippen molar-refractivity contribution in [3.63, 3.8) is 0 Å². The van der Waals surface area contributed by atoms with Crippen LogP contribution in [0.2, 0.25) is 0 Å². The minimum absolute atomic E-state index is 0.227. The first kappa shape index (κ1) is 23.7. The average molecular weight is 429 g/mol. The largest absolute Gasteiger partial charge is 0.494 e. The summed E-state index contributed by atoms with van der Waals surface area (Å²) in [5.41, 5.74) is 1.23. The van der Waals surface area contributed by atoms with E-state index in [0.717, 1.165) is 24.3 Å². The Balaban J connectivity index is 1.88. The molecule has 5 nitrogen and oxygen atoms in total. The predicted octanol–water partition coefficient (Wildman–Crippen LogP) is 5.66. The molecule has 1 amide bonds. The van der Waals surface area contributed by atoms with Crippen LogP contribution >= 0.6 is 12.2 Å². The summed E-state index contributed by atoms with van der Waals surface area (Å²) in [5.74, 6) is 2.21. The summed E-state index contributed by atoms with van der Waals surface area (Å²) in [5, 5.41) is 5.97. The minimum atomic E-state index is -0.304. The number of carbonyl (C=O) groups is 1. The Hall–Kier alpha value is -2.60. The first-order valence-corrected chi connectivity index (χ1v) is 10.8. The van der Waals surface area contributed by atoms with Crippen molar-refractivity contribution in [3.05, 3.63) is 54.1 Å². The van der Waals surface area contributed by atoms with Crippen LogP contribution in [-0.2, 0) is 0 Å². The van der Waals surface area contributed by atoms with Gasteiger partial charge in [-0.3, -0.25) is 10.1 Å². The monoisotopic (exact) mass is 428 g/mol. The number of amides is 1. The lowest BCUT2D eigenvalue weighted by molar-refractivity contribution is 0.0973. The highest BCUT2D eigenvalue weighted by atomic mass is 32.1. The Morgan fingerprint density at radius 3 is 2.13 bits per heavy atom. The number of carbonyl (C=O) groups excluding carboxylic acids is 1.